The van der Waals surface area contributed by atoms with E-state index in [-0.39, 0.29) is 5.92 Å². The van der Waals surface area contributed by atoms with Gasteiger partial charge < -0.3 is 14.7 Å². The normalized spacial score (nSPS) is 17.2. The van der Waals surface area contributed by atoms with Gasteiger partial charge in [0.05, 0.1) is 30.5 Å². The van der Waals surface area contributed by atoms with E-state index in [0.717, 1.165) is 60.1 Å². The topological polar surface area (TPSA) is 74.5 Å². The van der Waals surface area contributed by atoms with Gasteiger partial charge in [0.25, 0.3) is 0 Å². The third kappa shape index (κ3) is 5.99. The fraction of sp³-hybridized carbons (Fsp3) is 0.346. The highest BCUT2D eigenvalue weighted by molar-refractivity contribution is 5.92. The number of fused-ring (bicyclic) bond motifs is 1. The average Bonchev–Trinajstić information content (AvgIpc) is 2.83. The van der Waals surface area contributed by atoms with Gasteiger partial charge in [0.15, 0.2) is 0 Å². The Bertz CT molecular complexity index is 1080. The third-order valence-electron chi connectivity index (χ3n) is 5.89. The summed E-state index contributed by atoms with van der Waals surface area (Å²) in [6, 6.07) is 22.3. The zero-order chi connectivity index (χ0) is 22.2. The summed E-state index contributed by atoms with van der Waals surface area (Å²) in [5.41, 5.74) is 2.84. The maximum Gasteiger partial charge on any atom is 0.307 e. The molecule has 0 amide bonds. The molecule has 1 aliphatic rings. The second-order valence-corrected chi connectivity index (χ2v) is 8.21. The number of azo groups is 1. The van der Waals surface area contributed by atoms with Crippen LogP contribution in [0.3, 0.4) is 0 Å². The van der Waals surface area contributed by atoms with Crippen molar-refractivity contribution in [3.63, 3.8) is 0 Å². The lowest BCUT2D eigenvalue weighted by Crippen LogP contribution is -2.40. The quantitative estimate of drug-likeness (QED) is 0.353. The van der Waals surface area contributed by atoms with Gasteiger partial charge in [-0.25, -0.2) is 0 Å². The molecule has 6 heteroatoms. The monoisotopic (exact) mass is 431 g/mol. The van der Waals surface area contributed by atoms with E-state index in [1.807, 2.05) is 42.5 Å². The van der Waals surface area contributed by atoms with Crippen molar-refractivity contribution in [2.75, 3.05) is 32.8 Å². The minimum absolute atomic E-state index is 0.241. The summed E-state index contributed by atoms with van der Waals surface area (Å²) >= 11 is 0. The molecule has 166 valence electrons. The molecular weight excluding hydrogens is 402 g/mol. The molecule has 1 atom stereocenters. The molecule has 1 heterocycles. The maximum absolute atomic E-state index is 11.2. The van der Waals surface area contributed by atoms with Gasteiger partial charge in [0, 0.05) is 18.5 Å². The van der Waals surface area contributed by atoms with Crippen LogP contribution in [0.4, 0.5) is 11.4 Å². The van der Waals surface area contributed by atoms with Gasteiger partial charge in [0.2, 0.25) is 0 Å². The second kappa shape index (κ2) is 11.0. The van der Waals surface area contributed by atoms with E-state index < -0.39 is 5.97 Å². The Hall–Kier alpha value is -3.09. The van der Waals surface area contributed by atoms with Crippen LogP contribution in [-0.2, 0) is 16.0 Å². The van der Waals surface area contributed by atoms with Gasteiger partial charge in [-0.2, -0.15) is 5.11 Å². The largest absolute Gasteiger partial charge is 0.481 e. The molecule has 0 bridgehead atoms. The number of hydrogen-bond donors (Lipinski definition) is 1. The Morgan fingerprint density at radius 1 is 1.03 bits per heavy atom. The molecule has 0 saturated carbocycles. The summed E-state index contributed by atoms with van der Waals surface area (Å²) in [5, 5.41) is 20.3. The molecule has 4 rings (SSSR count). The van der Waals surface area contributed by atoms with Gasteiger partial charge in [-0.05, 0) is 55.0 Å². The highest BCUT2D eigenvalue weighted by Gasteiger charge is 2.24. The number of carboxylic acids is 1. The minimum atomic E-state index is -0.687. The molecule has 1 saturated heterocycles. The van der Waals surface area contributed by atoms with Crippen molar-refractivity contribution in [2.24, 2.45) is 16.1 Å². The maximum atomic E-state index is 11.2. The summed E-state index contributed by atoms with van der Waals surface area (Å²) in [6.45, 7) is 3.61. The molecule has 6 nitrogen and oxygen atoms in total. The Balaban J connectivity index is 1.25. The lowest BCUT2D eigenvalue weighted by molar-refractivity contribution is -0.143. The van der Waals surface area contributed by atoms with Gasteiger partial charge in [-0.3, -0.25) is 4.79 Å². The predicted octanol–water partition coefficient (Wildman–Crippen LogP) is 5.61. The Morgan fingerprint density at radius 2 is 1.88 bits per heavy atom. The number of aliphatic carboxylic acids is 1. The number of piperidine rings is 1. The first-order chi connectivity index (χ1) is 15.7. The lowest BCUT2D eigenvalue weighted by Gasteiger charge is -2.30. The van der Waals surface area contributed by atoms with Crippen molar-refractivity contribution >= 4 is 28.1 Å². The molecule has 1 aliphatic heterocycles. The van der Waals surface area contributed by atoms with E-state index in [0.29, 0.717) is 19.8 Å². The SMILES string of the molecule is O=C(O)[C@@H]1CCCN(CCOCCc2cccc(N=Nc3cccc4ccccc34)c2)C1. The molecular formula is C26H29N3O3. The van der Waals surface area contributed by atoms with Crippen LogP contribution in [0.25, 0.3) is 10.8 Å². The fourth-order valence-electron chi connectivity index (χ4n) is 4.13. The van der Waals surface area contributed by atoms with Crippen molar-refractivity contribution in [3.8, 4) is 0 Å². The first kappa shape index (κ1) is 22.1. The van der Waals surface area contributed by atoms with Crippen molar-refractivity contribution < 1.29 is 14.6 Å². The number of carbonyl (C=O) groups is 1. The van der Waals surface area contributed by atoms with E-state index in [4.69, 9.17) is 4.74 Å². The van der Waals surface area contributed by atoms with Gasteiger partial charge >= 0.3 is 5.97 Å². The van der Waals surface area contributed by atoms with Crippen LogP contribution < -0.4 is 0 Å². The Labute approximate surface area is 188 Å². The molecule has 1 fully saturated rings. The van der Waals surface area contributed by atoms with Crippen LogP contribution in [0.1, 0.15) is 18.4 Å². The first-order valence-corrected chi connectivity index (χ1v) is 11.2. The third-order valence-corrected chi connectivity index (χ3v) is 5.89. The van der Waals surface area contributed by atoms with Gasteiger partial charge in [0.1, 0.15) is 0 Å². The average molecular weight is 432 g/mol. The van der Waals surface area contributed by atoms with E-state index in [1.165, 1.54) is 0 Å². The molecule has 0 aromatic heterocycles. The molecule has 0 aliphatic carbocycles. The molecule has 0 radical (unpaired) electrons. The first-order valence-electron chi connectivity index (χ1n) is 11.2. The number of benzene rings is 3. The zero-order valence-electron chi connectivity index (χ0n) is 18.2. The Kier molecular flexibility index (Phi) is 7.59. The van der Waals surface area contributed by atoms with Crippen LogP contribution in [0.2, 0.25) is 0 Å². The number of ether oxygens (including phenoxy) is 1. The lowest BCUT2D eigenvalue weighted by atomic mass is 9.98. The number of rotatable bonds is 9. The molecule has 1 N–H and O–H groups in total. The van der Waals surface area contributed by atoms with Crippen molar-refractivity contribution in [1.82, 2.24) is 4.90 Å². The summed E-state index contributed by atoms with van der Waals surface area (Å²) in [5.74, 6) is -0.928. The molecule has 3 aromatic rings. The smallest absolute Gasteiger partial charge is 0.307 e. The van der Waals surface area contributed by atoms with Crippen LogP contribution in [0, 0.1) is 5.92 Å². The molecule has 32 heavy (non-hydrogen) atoms. The second-order valence-electron chi connectivity index (χ2n) is 8.21. The molecule has 0 spiro atoms. The van der Waals surface area contributed by atoms with E-state index in [9.17, 15) is 9.90 Å². The van der Waals surface area contributed by atoms with Crippen molar-refractivity contribution in [2.45, 2.75) is 19.3 Å². The predicted molar refractivity (Wildman–Crippen MR) is 126 cm³/mol. The summed E-state index contributed by atoms with van der Waals surface area (Å²) in [4.78, 5) is 13.4. The number of carboxylic acid groups (broad SMARTS) is 1. The van der Waals surface area contributed by atoms with E-state index in [2.05, 4.69) is 39.4 Å². The summed E-state index contributed by atoms with van der Waals surface area (Å²) in [6.07, 6.45) is 2.52. The summed E-state index contributed by atoms with van der Waals surface area (Å²) in [7, 11) is 0. The van der Waals surface area contributed by atoms with Crippen LogP contribution in [0.5, 0.6) is 0 Å². The zero-order valence-corrected chi connectivity index (χ0v) is 18.2. The molecule has 3 aromatic carbocycles. The van der Waals surface area contributed by atoms with Crippen LogP contribution >= 0.6 is 0 Å². The summed E-state index contributed by atoms with van der Waals surface area (Å²) < 4.78 is 5.81. The van der Waals surface area contributed by atoms with Crippen molar-refractivity contribution in [3.05, 3.63) is 72.3 Å². The van der Waals surface area contributed by atoms with Gasteiger partial charge in [-0.1, -0.05) is 48.5 Å². The number of likely N-dealkylation sites (tertiary alicyclic amines) is 1. The van der Waals surface area contributed by atoms with E-state index in [1.54, 1.807) is 0 Å². The van der Waals surface area contributed by atoms with Gasteiger partial charge in [-0.15, -0.1) is 5.11 Å². The molecule has 0 unspecified atom stereocenters. The minimum Gasteiger partial charge on any atom is -0.481 e. The fourth-order valence-corrected chi connectivity index (χ4v) is 4.13. The Morgan fingerprint density at radius 3 is 2.78 bits per heavy atom. The van der Waals surface area contributed by atoms with Crippen LogP contribution in [-0.4, -0.2) is 48.8 Å². The van der Waals surface area contributed by atoms with Crippen LogP contribution in [0.15, 0.2) is 77.0 Å². The highest BCUT2D eigenvalue weighted by Crippen LogP contribution is 2.27. The highest BCUT2D eigenvalue weighted by atomic mass is 16.5. The number of hydrogen-bond acceptors (Lipinski definition) is 5. The van der Waals surface area contributed by atoms with E-state index >= 15 is 0 Å². The number of nitrogens with zero attached hydrogens (tertiary/aromatic N) is 3. The van der Waals surface area contributed by atoms with Crippen molar-refractivity contribution in [1.29, 1.82) is 0 Å². The standard InChI is InChI=1S/C26H29N3O3/c30-26(31)22-9-5-14-29(19-22)15-17-32-16-13-20-6-3-10-23(18-20)27-28-25-12-4-8-21-7-1-2-11-24(21)25/h1-4,6-8,10-12,18,22H,5,9,13-17,19H2,(H,30,31)/t22-/m1/s1.